The van der Waals surface area contributed by atoms with Crippen LogP contribution in [-0.2, 0) is 14.0 Å². The van der Waals surface area contributed by atoms with Crippen LogP contribution in [-0.4, -0.2) is 37.2 Å². The summed E-state index contributed by atoms with van der Waals surface area (Å²) in [5.74, 6) is -0.0958. The highest BCUT2D eigenvalue weighted by Crippen LogP contribution is 2.49. The molecule has 0 amide bonds. The Kier molecular flexibility index (Phi) is 7.25. The summed E-state index contributed by atoms with van der Waals surface area (Å²) in [6.45, 7) is 16.6. The molecule has 1 aliphatic carbocycles. The first-order chi connectivity index (χ1) is 11.3. The number of allylic oxidation sites excluding steroid dienone is 2. The summed E-state index contributed by atoms with van der Waals surface area (Å²) in [4.78, 5) is 11.6. The molecule has 1 fully saturated rings. The van der Waals surface area contributed by atoms with E-state index >= 15 is 0 Å². The van der Waals surface area contributed by atoms with E-state index in [4.69, 9.17) is 9.16 Å². The molecule has 0 spiro atoms. The molecule has 0 aromatic heterocycles. The van der Waals surface area contributed by atoms with E-state index in [1.165, 1.54) is 6.08 Å². The van der Waals surface area contributed by atoms with Gasteiger partial charge in [-0.1, -0.05) is 12.2 Å². The van der Waals surface area contributed by atoms with Crippen molar-refractivity contribution in [3.05, 3.63) is 23.8 Å². The van der Waals surface area contributed by atoms with Crippen LogP contribution in [0.3, 0.4) is 0 Å². The third kappa shape index (κ3) is 6.72. The Morgan fingerprint density at radius 2 is 1.96 bits per heavy atom. The fraction of sp³-hybridized carbons (Fsp3) is 0.750. The van der Waals surface area contributed by atoms with E-state index in [1.54, 1.807) is 6.92 Å². The molecular weight excluding hydrogens is 332 g/mol. The Balaban J connectivity index is 3.08. The van der Waals surface area contributed by atoms with Gasteiger partial charge < -0.3 is 14.3 Å². The van der Waals surface area contributed by atoms with Crippen LogP contribution >= 0.6 is 0 Å². The summed E-state index contributed by atoms with van der Waals surface area (Å²) < 4.78 is 11.5. The first-order valence-electron chi connectivity index (χ1n) is 9.24. The Bertz CT molecular complexity index is 525. The number of carbonyl (C=O) groups excluding carboxylic acids is 1. The third-order valence-corrected chi connectivity index (χ3v) is 5.81. The number of carbonyl (C=O) groups is 1. The zero-order chi connectivity index (χ0) is 19.5. The van der Waals surface area contributed by atoms with Crippen molar-refractivity contribution < 1.29 is 19.1 Å². The zero-order valence-corrected chi connectivity index (χ0v) is 18.2. The smallest absolute Gasteiger partial charge is 0.330 e. The van der Waals surface area contributed by atoms with Crippen LogP contribution in [0.15, 0.2) is 23.8 Å². The number of hydrogen-bond acceptors (Lipinski definition) is 4. The zero-order valence-electron chi connectivity index (χ0n) is 17.2. The molecule has 5 heteroatoms. The first kappa shape index (κ1) is 22.1. The Hall–Kier alpha value is -0.913. The summed E-state index contributed by atoms with van der Waals surface area (Å²) in [6, 6.07) is 0. The fourth-order valence-corrected chi connectivity index (χ4v) is 5.47. The van der Waals surface area contributed by atoms with Gasteiger partial charge in [0, 0.05) is 12.0 Å². The van der Waals surface area contributed by atoms with Crippen LogP contribution < -0.4 is 0 Å². The van der Waals surface area contributed by atoms with Gasteiger partial charge in [0.1, 0.15) is 0 Å². The highest BCUT2D eigenvalue weighted by Gasteiger charge is 2.50. The number of ether oxygens (including phenoxy) is 1. The molecule has 3 unspecified atom stereocenters. The average Bonchev–Trinajstić information content (AvgIpc) is 2.70. The second kappa shape index (κ2) is 8.19. The quantitative estimate of drug-likeness (QED) is 0.312. The summed E-state index contributed by atoms with van der Waals surface area (Å²) in [6.07, 6.45) is 7.44. The first-order valence-corrected chi connectivity index (χ1v) is 12.6. The predicted octanol–water partition coefficient (Wildman–Crippen LogP) is 4.46. The van der Waals surface area contributed by atoms with Gasteiger partial charge in [-0.3, -0.25) is 0 Å². The van der Waals surface area contributed by atoms with Gasteiger partial charge >= 0.3 is 5.97 Å². The van der Waals surface area contributed by atoms with E-state index in [2.05, 4.69) is 32.6 Å². The highest BCUT2D eigenvalue weighted by molar-refractivity contribution is 6.69. The van der Waals surface area contributed by atoms with E-state index in [-0.39, 0.29) is 23.4 Å². The minimum Gasteiger partial charge on any atom is -0.463 e. The van der Waals surface area contributed by atoms with Crippen molar-refractivity contribution in [1.29, 1.82) is 0 Å². The molecule has 1 N–H and O–H groups in total. The minimum atomic E-state index is -1.72. The van der Waals surface area contributed by atoms with Crippen molar-refractivity contribution in [2.45, 2.75) is 78.3 Å². The molecule has 0 saturated heterocycles. The topological polar surface area (TPSA) is 55.8 Å². The van der Waals surface area contributed by atoms with Crippen molar-refractivity contribution >= 4 is 14.3 Å². The van der Waals surface area contributed by atoms with Crippen LogP contribution in [0.5, 0.6) is 0 Å². The van der Waals surface area contributed by atoms with Gasteiger partial charge in [-0.2, -0.15) is 0 Å². The van der Waals surface area contributed by atoms with Gasteiger partial charge in [-0.05, 0) is 78.6 Å². The van der Waals surface area contributed by atoms with E-state index in [9.17, 15) is 9.90 Å². The summed E-state index contributed by atoms with van der Waals surface area (Å²) in [7, 11) is -1.72. The molecule has 0 aromatic rings. The average molecular weight is 369 g/mol. The summed E-state index contributed by atoms with van der Waals surface area (Å²) in [5.41, 5.74) is -0.209. The third-order valence-electron chi connectivity index (χ3n) is 4.74. The van der Waals surface area contributed by atoms with Crippen molar-refractivity contribution in [3.63, 3.8) is 0 Å². The highest BCUT2D eigenvalue weighted by atomic mass is 28.4. The van der Waals surface area contributed by atoms with Crippen LogP contribution in [0.2, 0.25) is 19.6 Å². The summed E-state index contributed by atoms with van der Waals surface area (Å²) >= 11 is 0. The molecule has 0 heterocycles. The van der Waals surface area contributed by atoms with E-state index < -0.39 is 13.9 Å². The van der Waals surface area contributed by atoms with Crippen molar-refractivity contribution in [2.24, 2.45) is 11.8 Å². The lowest BCUT2D eigenvalue weighted by atomic mass is 9.78. The number of esters is 1. The minimum absolute atomic E-state index is 0.102. The molecule has 0 aliphatic heterocycles. The number of hydrogen-bond donors (Lipinski definition) is 1. The van der Waals surface area contributed by atoms with Crippen LogP contribution in [0.1, 0.15) is 47.5 Å². The normalized spacial score (nSPS) is 28.6. The molecule has 1 saturated carbocycles. The second-order valence-corrected chi connectivity index (χ2v) is 13.3. The van der Waals surface area contributed by atoms with E-state index in [1.807, 2.05) is 26.8 Å². The second-order valence-electron chi connectivity index (χ2n) is 8.85. The molecule has 4 nitrogen and oxygen atoms in total. The maximum Gasteiger partial charge on any atom is 0.330 e. The number of rotatable bonds is 7. The molecule has 0 radical (unpaired) electrons. The van der Waals surface area contributed by atoms with Gasteiger partial charge in [0.2, 0.25) is 0 Å². The van der Waals surface area contributed by atoms with Gasteiger partial charge in [-0.15, -0.1) is 0 Å². The van der Waals surface area contributed by atoms with Gasteiger partial charge in [-0.25, -0.2) is 4.79 Å². The molecular formula is C20H36O4Si. The molecule has 0 aromatic carbocycles. The fourth-order valence-electron chi connectivity index (χ4n) is 3.84. The lowest BCUT2D eigenvalue weighted by Crippen LogP contribution is -2.46. The predicted molar refractivity (Wildman–Crippen MR) is 105 cm³/mol. The lowest BCUT2D eigenvalue weighted by molar-refractivity contribution is -0.137. The molecule has 25 heavy (non-hydrogen) atoms. The molecule has 1 rings (SSSR count). The van der Waals surface area contributed by atoms with E-state index in [0.29, 0.717) is 6.61 Å². The van der Waals surface area contributed by atoms with Crippen LogP contribution in [0.4, 0.5) is 0 Å². The standard InChI is InChI=1S/C20H36O4Si/c1-9-23-18(21)14-15(2)10-11-17-16(19(3,4)22)12-13-20(17,5)24-25(6,7)8/h10-11,14,16-17,22H,9,12-13H2,1-8H3/b11-10+,15-14+. The SMILES string of the molecule is CCOC(=O)/C=C(C)/C=C/C1C(C(C)(C)O)CCC1(C)O[Si](C)(C)C. The maximum absolute atomic E-state index is 11.6. The Morgan fingerprint density at radius 1 is 1.36 bits per heavy atom. The largest absolute Gasteiger partial charge is 0.463 e. The molecule has 3 atom stereocenters. The summed E-state index contributed by atoms with van der Waals surface area (Å²) in [5, 5.41) is 10.6. The van der Waals surface area contributed by atoms with Crippen molar-refractivity contribution in [1.82, 2.24) is 0 Å². The van der Waals surface area contributed by atoms with Gasteiger partial charge in [0.25, 0.3) is 0 Å². The maximum atomic E-state index is 11.6. The van der Waals surface area contributed by atoms with Crippen LogP contribution in [0.25, 0.3) is 0 Å². The Morgan fingerprint density at radius 3 is 2.44 bits per heavy atom. The van der Waals surface area contributed by atoms with Crippen molar-refractivity contribution in [2.75, 3.05) is 6.61 Å². The van der Waals surface area contributed by atoms with E-state index in [0.717, 1.165) is 18.4 Å². The van der Waals surface area contributed by atoms with Gasteiger partial charge in [0.05, 0.1) is 17.8 Å². The number of aliphatic hydroxyl groups is 1. The van der Waals surface area contributed by atoms with Crippen LogP contribution in [0, 0.1) is 11.8 Å². The van der Waals surface area contributed by atoms with Gasteiger partial charge in [0.15, 0.2) is 8.32 Å². The monoisotopic (exact) mass is 368 g/mol. The molecule has 1 aliphatic rings. The molecule has 144 valence electrons. The molecule has 0 bridgehead atoms. The van der Waals surface area contributed by atoms with Crippen molar-refractivity contribution in [3.8, 4) is 0 Å². The Labute approximate surface area is 154 Å². The lowest BCUT2D eigenvalue weighted by Gasteiger charge is -2.40.